The minimum Gasteiger partial charge on any atom is -0.352 e. The Morgan fingerprint density at radius 3 is 2.56 bits per heavy atom. The average Bonchev–Trinajstić information content (AvgIpc) is 2.67. The monoisotopic (exact) mass is 369 g/mol. The van der Waals surface area contributed by atoms with Crippen LogP contribution in [0.3, 0.4) is 0 Å². The van der Waals surface area contributed by atoms with Crippen molar-refractivity contribution in [2.45, 2.75) is 13.0 Å². The Morgan fingerprint density at radius 2 is 1.81 bits per heavy atom. The van der Waals surface area contributed by atoms with Gasteiger partial charge in [0.25, 0.3) is 11.5 Å². The summed E-state index contributed by atoms with van der Waals surface area (Å²) in [7, 11) is 0. The van der Waals surface area contributed by atoms with Crippen LogP contribution in [-0.2, 0) is 6.54 Å². The number of benzene rings is 2. The van der Waals surface area contributed by atoms with E-state index in [-0.39, 0.29) is 17.7 Å². The second-order valence-electron chi connectivity index (χ2n) is 5.88. The lowest BCUT2D eigenvalue weighted by atomic mass is 10.1. The quantitative estimate of drug-likeness (QED) is 0.680. The van der Waals surface area contributed by atoms with Gasteiger partial charge in [-0.3, -0.25) is 9.59 Å². The van der Waals surface area contributed by atoms with Gasteiger partial charge in [0, 0.05) is 30.8 Å². The number of carbonyl (C=O) groups excluding carboxylic acids is 1. The maximum Gasteiger partial charge on any atom is 0.266 e. The summed E-state index contributed by atoms with van der Waals surface area (Å²) >= 11 is 0. The molecule has 1 heterocycles. The van der Waals surface area contributed by atoms with Crippen molar-refractivity contribution in [1.82, 2.24) is 15.1 Å². The third kappa shape index (κ3) is 4.63. The Labute approximate surface area is 154 Å². The fourth-order valence-corrected chi connectivity index (χ4v) is 2.57. The highest BCUT2D eigenvalue weighted by atomic mass is 19.1. The van der Waals surface area contributed by atoms with Crippen LogP contribution in [0.25, 0.3) is 11.3 Å². The number of hydrogen-bond donors (Lipinski definition) is 1. The highest BCUT2D eigenvalue weighted by Gasteiger charge is 2.12. The lowest BCUT2D eigenvalue weighted by Gasteiger charge is -2.09. The molecule has 138 valence electrons. The molecule has 2 aromatic carbocycles. The Morgan fingerprint density at radius 1 is 1.04 bits per heavy atom. The topological polar surface area (TPSA) is 64.0 Å². The van der Waals surface area contributed by atoms with E-state index >= 15 is 0 Å². The van der Waals surface area contributed by atoms with Gasteiger partial charge in [0.1, 0.15) is 11.6 Å². The van der Waals surface area contributed by atoms with Crippen molar-refractivity contribution < 1.29 is 13.6 Å². The van der Waals surface area contributed by atoms with E-state index in [4.69, 9.17) is 0 Å². The molecule has 0 unspecified atom stereocenters. The minimum atomic E-state index is -0.916. The second kappa shape index (κ2) is 8.35. The van der Waals surface area contributed by atoms with Gasteiger partial charge in [-0.2, -0.15) is 5.10 Å². The molecular weight excluding hydrogens is 352 g/mol. The molecule has 0 aliphatic rings. The van der Waals surface area contributed by atoms with Gasteiger partial charge in [0.15, 0.2) is 0 Å². The van der Waals surface area contributed by atoms with Gasteiger partial charge in [-0.25, -0.2) is 13.5 Å². The molecule has 0 atom stereocenters. The van der Waals surface area contributed by atoms with Crippen LogP contribution in [0.1, 0.15) is 16.8 Å². The molecule has 27 heavy (non-hydrogen) atoms. The third-order valence-corrected chi connectivity index (χ3v) is 3.94. The highest BCUT2D eigenvalue weighted by Crippen LogP contribution is 2.14. The zero-order valence-electron chi connectivity index (χ0n) is 14.4. The predicted molar refractivity (Wildman–Crippen MR) is 97.2 cm³/mol. The summed E-state index contributed by atoms with van der Waals surface area (Å²) in [5, 5.41) is 6.88. The Balaban J connectivity index is 1.59. The molecule has 0 radical (unpaired) electrons. The second-order valence-corrected chi connectivity index (χ2v) is 5.88. The van der Waals surface area contributed by atoms with E-state index in [0.29, 0.717) is 24.7 Å². The molecule has 0 bridgehead atoms. The van der Waals surface area contributed by atoms with Crippen molar-refractivity contribution in [2.75, 3.05) is 6.54 Å². The van der Waals surface area contributed by atoms with E-state index in [1.54, 1.807) is 6.07 Å². The number of amides is 1. The number of aromatic nitrogens is 2. The van der Waals surface area contributed by atoms with Crippen LogP contribution >= 0.6 is 0 Å². The molecule has 0 fully saturated rings. The summed E-state index contributed by atoms with van der Waals surface area (Å²) in [6.07, 6.45) is 0.430. The first-order valence-electron chi connectivity index (χ1n) is 8.41. The van der Waals surface area contributed by atoms with Gasteiger partial charge in [-0.05, 0) is 24.6 Å². The van der Waals surface area contributed by atoms with Crippen molar-refractivity contribution in [3.8, 4) is 11.3 Å². The molecule has 3 aromatic rings. The van der Waals surface area contributed by atoms with Crippen LogP contribution in [0, 0.1) is 11.6 Å². The summed E-state index contributed by atoms with van der Waals surface area (Å²) in [6.45, 7) is 0.519. The molecule has 0 saturated heterocycles. The zero-order valence-corrected chi connectivity index (χ0v) is 14.4. The molecule has 7 heteroatoms. The van der Waals surface area contributed by atoms with Gasteiger partial charge in [0.2, 0.25) is 0 Å². The highest BCUT2D eigenvalue weighted by molar-refractivity contribution is 5.94. The fourth-order valence-electron chi connectivity index (χ4n) is 2.57. The van der Waals surface area contributed by atoms with Crippen LogP contribution < -0.4 is 10.9 Å². The number of nitrogens with zero attached hydrogens (tertiary/aromatic N) is 2. The molecule has 1 amide bonds. The molecule has 1 aromatic heterocycles. The van der Waals surface area contributed by atoms with E-state index in [1.165, 1.54) is 10.7 Å². The van der Waals surface area contributed by atoms with Gasteiger partial charge < -0.3 is 5.32 Å². The van der Waals surface area contributed by atoms with Crippen LogP contribution in [0.4, 0.5) is 8.78 Å². The molecule has 0 aliphatic heterocycles. The Hall–Kier alpha value is -3.35. The minimum absolute atomic E-state index is 0.222. The first-order valence-corrected chi connectivity index (χ1v) is 8.41. The molecule has 5 nitrogen and oxygen atoms in total. The molecule has 0 saturated carbocycles. The molecule has 0 aliphatic carbocycles. The number of aryl methyl sites for hydroxylation is 1. The summed E-state index contributed by atoms with van der Waals surface area (Å²) in [5.74, 6) is -2.29. The van der Waals surface area contributed by atoms with Crippen LogP contribution in [0.15, 0.2) is 65.5 Å². The third-order valence-electron chi connectivity index (χ3n) is 3.94. The van der Waals surface area contributed by atoms with Crippen molar-refractivity contribution in [1.29, 1.82) is 0 Å². The number of hydrogen-bond acceptors (Lipinski definition) is 3. The van der Waals surface area contributed by atoms with Crippen molar-refractivity contribution in [3.05, 3.63) is 88.2 Å². The Kier molecular flexibility index (Phi) is 5.71. The first-order chi connectivity index (χ1) is 13.0. The van der Waals surface area contributed by atoms with E-state index < -0.39 is 17.5 Å². The van der Waals surface area contributed by atoms with Gasteiger partial charge in [0.05, 0.1) is 11.3 Å². The summed E-state index contributed by atoms with van der Waals surface area (Å²) in [5.41, 5.74) is 1.10. The maximum atomic E-state index is 13.6. The SMILES string of the molecule is O=C(NCCCn1nc(-c2ccccc2)ccc1=O)c1ccc(F)cc1F. The van der Waals surface area contributed by atoms with E-state index in [1.807, 2.05) is 30.3 Å². The van der Waals surface area contributed by atoms with Gasteiger partial charge >= 0.3 is 0 Å². The number of carbonyl (C=O) groups is 1. The van der Waals surface area contributed by atoms with Crippen LogP contribution in [0.5, 0.6) is 0 Å². The number of rotatable bonds is 6. The number of nitrogens with one attached hydrogen (secondary N) is 1. The van der Waals surface area contributed by atoms with Gasteiger partial charge in [-0.15, -0.1) is 0 Å². The predicted octanol–water partition coefficient (Wildman–Crippen LogP) is 3.01. The average molecular weight is 369 g/mol. The first kappa shape index (κ1) is 18.4. The van der Waals surface area contributed by atoms with E-state index in [0.717, 1.165) is 17.7 Å². The van der Waals surface area contributed by atoms with E-state index in [2.05, 4.69) is 10.4 Å². The van der Waals surface area contributed by atoms with Crippen LogP contribution in [0.2, 0.25) is 0 Å². The van der Waals surface area contributed by atoms with Crippen molar-refractivity contribution in [3.63, 3.8) is 0 Å². The van der Waals surface area contributed by atoms with Crippen LogP contribution in [-0.4, -0.2) is 22.2 Å². The molecule has 1 N–H and O–H groups in total. The summed E-state index contributed by atoms with van der Waals surface area (Å²) < 4.78 is 27.8. The maximum absolute atomic E-state index is 13.6. The van der Waals surface area contributed by atoms with Crippen molar-refractivity contribution in [2.24, 2.45) is 0 Å². The number of halogens is 2. The van der Waals surface area contributed by atoms with Gasteiger partial charge in [-0.1, -0.05) is 30.3 Å². The smallest absolute Gasteiger partial charge is 0.266 e. The summed E-state index contributed by atoms with van der Waals surface area (Å²) in [4.78, 5) is 23.9. The largest absolute Gasteiger partial charge is 0.352 e. The van der Waals surface area contributed by atoms with Crippen molar-refractivity contribution >= 4 is 5.91 Å². The molecule has 0 spiro atoms. The Bertz CT molecular complexity index is 1000. The summed E-state index contributed by atoms with van der Waals surface area (Å²) in [6, 6.07) is 15.3. The standard InChI is InChI=1S/C20H17F2N3O2/c21-15-7-8-16(17(22)13-15)20(27)23-11-4-12-25-19(26)10-9-18(24-25)14-5-2-1-3-6-14/h1-3,5-10,13H,4,11-12H2,(H,23,27). The lowest BCUT2D eigenvalue weighted by molar-refractivity contribution is 0.0948. The molecule has 3 rings (SSSR count). The van der Waals surface area contributed by atoms with E-state index in [9.17, 15) is 18.4 Å². The normalized spacial score (nSPS) is 10.6. The zero-order chi connectivity index (χ0) is 19.2. The lowest BCUT2D eigenvalue weighted by Crippen LogP contribution is -2.28. The molecular formula is C20H17F2N3O2. The fraction of sp³-hybridized carbons (Fsp3) is 0.150.